The number of nitro groups is 2. The molecule has 0 fully saturated rings. The van der Waals surface area contributed by atoms with Crippen molar-refractivity contribution in [3.8, 4) is 0 Å². The van der Waals surface area contributed by atoms with Crippen molar-refractivity contribution in [3.63, 3.8) is 0 Å². The number of aliphatic imine (C=N–C) groups is 1. The van der Waals surface area contributed by atoms with E-state index in [1.165, 1.54) is 23.9 Å². The summed E-state index contributed by atoms with van der Waals surface area (Å²) < 4.78 is 1.03. The summed E-state index contributed by atoms with van der Waals surface area (Å²) in [6.07, 6.45) is 0. The minimum absolute atomic E-state index is 0.0287. The molecule has 0 unspecified atom stereocenters. The summed E-state index contributed by atoms with van der Waals surface area (Å²) in [5, 5.41) is 29.3. The molecular weight excluding hydrogens is 607 g/mol. The number of anilines is 1. The molecule has 37 heavy (non-hydrogen) atoms. The first kappa shape index (κ1) is 26.0. The molecule has 0 bridgehead atoms. The van der Waals surface area contributed by atoms with E-state index in [-0.39, 0.29) is 11.4 Å². The number of nitrogens with zero attached hydrogens (tertiary/aromatic N) is 4. The number of nitro benzene ring substituents is 2. The van der Waals surface area contributed by atoms with E-state index in [4.69, 9.17) is 5.73 Å². The van der Waals surface area contributed by atoms with E-state index in [2.05, 4.69) is 38.1 Å². The highest BCUT2D eigenvalue weighted by molar-refractivity contribution is 14.1. The lowest BCUT2D eigenvalue weighted by atomic mass is 10.1. The number of thioether (sulfide) groups is 1. The number of nitrogens with two attached hydrogens (primary N) is 1. The van der Waals surface area contributed by atoms with Gasteiger partial charge in [0.05, 0.1) is 27.3 Å². The largest absolute Gasteiger partial charge is 0.378 e. The van der Waals surface area contributed by atoms with Gasteiger partial charge in [0.25, 0.3) is 5.69 Å². The van der Waals surface area contributed by atoms with Gasteiger partial charge >= 0.3 is 5.69 Å². The van der Waals surface area contributed by atoms with Crippen molar-refractivity contribution in [3.05, 3.63) is 114 Å². The van der Waals surface area contributed by atoms with Gasteiger partial charge in [-0.05, 0) is 57.8 Å². The Hall–Kier alpha value is -4.04. The Labute approximate surface area is 229 Å². The van der Waals surface area contributed by atoms with E-state index in [9.17, 15) is 20.2 Å². The maximum Gasteiger partial charge on any atom is 0.301 e. The number of amidine groups is 1. The summed E-state index contributed by atoms with van der Waals surface area (Å²) in [6.45, 7) is 0. The first-order valence-corrected chi connectivity index (χ1v) is 12.8. The lowest BCUT2D eigenvalue weighted by molar-refractivity contribution is -0.393. The predicted molar refractivity (Wildman–Crippen MR) is 157 cm³/mol. The topological polar surface area (TPSA) is 149 Å². The zero-order valence-electron chi connectivity index (χ0n) is 19.1. The molecule has 0 aliphatic carbocycles. The highest BCUT2D eigenvalue weighted by atomic mass is 127. The van der Waals surface area contributed by atoms with Gasteiger partial charge in [-0.3, -0.25) is 25.7 Å². The van der Waals surface area contributed by atoms with Crippen LogP contribution in [0.15, 0.2) is 95.0 Å². The van der Waals surface area contributed by atoms with Gasteiger partial charge in [-0.2, -0.15) is 5.10 Å². The molecule has 10 nitrogen and oxygen atoms in total. The quantitative estimate of drug-likeness (QED) is 0.0750. The van der Waals surface area contributed by atoms with E-state index in [1.54, 1.807) is 0 Å². The molecule has 0 radical (unpaired) electrons. The third-order valence-electron chi connectivity index (χ3n) is 5.23. The molecule has 4 rings (SSSR count). The molecule has 0 saturated heterocycles. The van der Waals surface area contributed by atoms with Gasteiger partial charge in [0.15, 0.2) is 5.17 Å². The van der Waals surface area contributed by atoms with Crippen LogP contribution in [0.4, 0.5) is 22.7 Å². The molecule has 0 heterocycles. The second kappa shape index (κ2) is 11.8. The second-order valence-electron chi connectivity index (χ2n) is 7.63. The van der Waals surface area contributed by atoms with Gasteiger partial charge in [0.2, 0.25) is 0 Å². The van der Waals surface area contributed by atoms with Gasteiger partial charge in [0.1, 0.15) is 5.69 Å². The van der Waals surface area contributed by atoms with Crippen LogP contribution < -0.4 is 11.2 Å². The highest BCUT2D eigenvalue weighted by Gasteiger charge is 2.19. The standard InChI is InChI=1S/C25H19IN6O4S/c26-18-10-8-17(9-11-18)23(30-29-22-13-12-19(31(33)34)14-24(22)32(35)36)15-37-25(27)28-21-7-3-5-16-4-1-2-6-20(16)21/h1-14,29H,15H2,(H2,27,28)/b30-23-. The average Bonchev–Trinajstić information content (AvgIpc) is 2.89. The average molecular weight is 626 g/mol. The number of hydrazone groups is 1. The summed E-state index contributed by atoms with van der Waals surface area (Å²) in [6, 6.07) is 24.6. The maximum atomic E-state index is 11.5. The second-order valence-corrected chi connectivity index (χ2v) is 9.87. The molecule has 0 saturated carbocycles. The number of hydrogen-bond donors (Lipinski definition) is 2. The van der Waals surface area contributed by atoms with Gasteiger partial charge in [-0.15, -0.1) is 0 Å². The summed E-state index contributed by atoms with van der Waals surface area (Å²) >= 11 is 3.46. The van der Waals surface area contributed by atoms with Crippen LogP contribution in [-0.4, -0.2) is 26.5 Å². The Morgan fingerprint density at radius 1 is 0.946 bits per heavy atom. The number of nitrogens with one attached hydrogen (secondary N) is 1. The Morgan fingerprint density at radius 2 is 1.68 bits per heavy atom. The van der Waals surface area contributed by atoms with Crippen LogP contribution in [-0.2, 0) is 0 Å². The van der Waals surface area contributed by atoms with Crippen molar-refractivity contribution >= 4 is 78.8 Å². The monoisotopic (exact) mass is 626 g/mol. The first-order chi connectivity index (χ1) is 17.8. The fourth-order valence-corrected chi connectivity index (χ4v) is 4.47. The van der Waals surface area contributed by atoms with Crippen LogP contribution in [0.1, 0.15) is 5.56 Å². The SMILES string of the molecule is NC(=Nc1cccc2ccccc12)SC/C(=N/Nc1ccc([N+](=O)[O-])cc1[N+](=O)[O-])c1ccc(I)cc1. The van der Waals surface area contributed by atoms with Crippen LogP contribution in [0.3, 0.4) is 0 Å². The minimum Gasteiger partial charge on any atom is -0.378 e. The zero-order chi connectivity index (χ0) is 26.4. The predicted octanol–water partition coefficient (Wildman–Crippen LogP) is 6.46. The van der Waals surface area contributed by atoms with Crippen molar-refractivity contribution in [1.29, 1.82) is 0 Å². The number of fused-ring (bicyclic) bond motifs is 1. The summed E-state index contributed by atoms with van der Waals surface area (Å²) in [4.78, 5) is 25.7. The third-order valence-corrected chi connectivity index (χ3v) is 6.76. The van der Waals surface area contributed by atoms with Crippen molar-refractivity contribution in [2.75, 3.05) is 11.2 Å². The van der Waals surface area contributed by atoms with Gasteiger partial charge < -0.3 is 5.73 Å². The molecule has 4 aromatic carbocycles. The van der Waals surface area contributed by atoms with E-state index in [1.807, 2.05) is 66.7 Å². The lowest BCUT2D eigenvalue weighted by Gasteiger charge is -2.09. The third kappa shape index (κ3) is 6.59. The number of hydrogen-bond acceptors (Lipinski definition) is 8. The van der Waals surface area contributed by atoms with Crippen LogP contribution in [0, 0.1) is 23.8 Å². The summed E-state index contributed by atoms with van der Waals surface area (Å²) in [5.41, 5.74) is 10.2. The van der Waals surface area contributed by atoms with E-state index in [0.717, 1.165) is 31.7 Å². The van der Waals surface area contributed by atoms with E-state index in [0.29, 0.717) is 16.6 Å². The Bertz CT molecular complexity index is 1540. The fourth-order valence-electron chi connectivity index (χ4n) is 3.43. The molecule has 186 valence electrons. The molecule has 0 atom stereocenters. The van der Waals surface area contributed by atoms with Crippen LogP contribution in [0.5, 0.6) is 0 Å². The molecule has 3 N–H and O–H groups in total. The maximum absolute atomic E-state index is 11.5. The van der Waals surface area contributed by atoms with Gasteiger partial charge in [-0.25, -0.2) is 4.99 Å². The number of rotatable bonds is 8. The van der Waals surface area contributed by atoms with E-state index < -0.39 is 15.5 Å². The molecule has 0 aliphatic rings. The molecule has 12 heteroatoms. The fraction of sp³-hybridized carbons (Fsp3) is 0.0400. The molecular formula is C25H19IN6O4S. The first-order valence-electron chi connectivity index (χ1n) is 10.8. The zero-order valence-corrected chi connectivity index (χ0v) is 22.0. The van der Waals surface area contributed by atoms with Crippen molar-refractivity contribution in [1.82, 2.24) is 0 Å². The number of halogens is 1. The molecule has 0 aliphatic heterocycles. The molecule has 0 amide bonds. The van der Waals surface area contributed by atoms with Crippen molar-refractivity contribution < 1.29 is 9.85 Å². The number of non-ortho nitro benzene ring substituents is 1. The van der Waals surface area contributed by atoms with Crippen molar-refractivity contribution in [2.45, 2.75) is 0 Å². The Kier molecular flexibility index (Phi) is 8.30. The Morgan fingerprint density at radius 3 is 2.41 bits per heavy atom. The normalized spacial score (nSPS) is 11.9. The lowest BCUT2D eigenvalue weighted by Crippen LogP contribution is -2.14. The van der Waals surface area contributed by atoms with E-state index >= 15 is 0 Å². The van der Waals surface area contributed by atoms with Crippen LogP contribution in [0.2, 0.25) is 0 Å². The van der Waals surface area contributed by atoms with Crippen LogP contribution >= 0.6 is 34.4 Å². The highest BCUT2D eigenvalue weighted by Crippen LogP contribution is 2.29. The summed E-state index contributed by atoms with van der Waals surface area (Å²) in [5.74, 6) is 0.314. The smallest absolute Gasteiger partial charge is 0.301 e. The molecule has 4 aromatic rings. The summed E-state index contributed by atoms with van der Waals surface area (Å²) in [7, 11) is 0. The van der Waals surface area contributed by atoms with Crippen LogP contribution in [0.25, 0.3) is 10.8 Å². The Balaban J connectivity index is 1.61. The molecule has 0 spiro atoms. The van der Waals surface area contributed by atoms with Gasteiger partial charge in [-0.1, -0.05) is 60.3 Å². The minimum atomic E-state index is -0.695. The van der Waals surface area contributed by atoms with Gasteiger partial charge in [0, 0.05) is 20.8 Å². The molecule has 0 aromatic heterocycles. The van der Waals surface area contributed by atoms with Crippen molar-refractivity contribution in [2.24, 2.45) is 15.8 Å². The number of benzene rings is 4.